The molecule has 0 spiro atoms. The Morgan fingerprint density at radius 2 is 1.89 bits per heavy atom. The van der Waals surface area contributed by atoms with Crippen molar-refractivity contribution in [2.75, 3.05) is 14.2 Å². The Kier molecular flexibility index (Phi) is 4.29. The molecule has 0 saturated heterocycles. The monoisotopic (exact) mass is 380 g/mol. The van der Waals surface area contributed by atoms with Crippen molar-refractivity contribution in [3.05, 3.63) is 59.6 Å². The Morgan fingerprint density at radius 3 is 2.56 bits per heavy atom. The summed E-state index contributed by atoms with van der Waals surface area (Å²) in [6, 6.07) is 14.9. The SMILES string of the molecule is COc1ccc(OC)c(-c2cn3c(-c4ccccc4)c(C(=O)O)sc3n2)c1. The smallest absolute Gasteiger partial charge is 0.348 e. The van der Waals surface area contributed by atoms with E-state index in [1.54, 1.807) is 14.2 Å². The molecule has 0 fully saturated rings. The minimum absolute atomic E-state index is 0.257. The highest BCUT2D eigenvalue weighted by Gasteiger charge is 2.22. The lowest BCUT2D eigenvalue weighted by atomic mass is 10.1. The van der Waals surface area contributed by atoms with Crippen LogP contribution in [0.4, 0.5) is 0 Å². The number of ether oxygens (including phenoxy) is 2. The zero-order valence-electron chi connectivity index (χ0n) is 14.7. The van der Waals surface area contributed by atoms with Gasteiger partial charge in [-0.1, -0.05) is 41.7 Å². The zero-order valence-corrected chi connectivity index (χ0v) is 15.5. The summed E-state index contributed by atoms with van der Waals surface area (Å²) >= 11 is 1.15. The normalized spacial score (nSPS) is 10.9. The lowest BCUT2D eigenvalue weighted by Gasteiger charge is -2.08. The summed E-state index contributed by atoms with van der Waals surface area (Å²) in [5, 5.41) is 9.62. The van der Waals surface area contributed by atoms with Gasteiger partial charge in [-0.3, -0.25) is 4.40 Å². The maximum absolute atomic E-state index is 11.7. The molecule has 27 heavy (non-hydrogen) atoms. The fourth-order valence-corrected chi connectivity index (χ4v) is 3.97. The van der Waals surface area contributed by atoms with E-state index in [1.165, 1.54) is 0 Å². The van der Waals surface area contributed by atoms with Crippen molar-refractivity contribution in [3.63, 3.8) is 0 Å². The molecular formula is C20H16N2O4S. The number of aromatic carboxylic acids is 1. The molecule has 6 nitrogen and oxygen atoms in total. The highest BCUT2D eigenvalue weighted by molar-refractivity contribution is 7.19. The number of hydrogen-bond donors (Lipinski definition) is 1. The number of rotatable bonds is 5. The standard InChI is InChI=1S/C20H16N2O4S/c1-25-13-8-9-16(26-2)14(10-13)15-11-22-17(12-6-4-3-5-7-12)18(19(23)24)27-20(22)21-15/h3-11H,1-2H3,(H,23,24). The van der Waals surface area contributed by atoms with Crippen LogP contribution in [-0.4, -0.2) is 34.7 Å². The van der Waals surface area contributed by atoms with E-state index in [1.807, 2.05) is 59.1 Å². The number of imidazole rings is 1. The summed E-state index contributed by atoms with van der Waals surface area (Å²) in [7, 11) is 3.20. The summed E-state index contributed by atoms with van der Waals surface area (Å²) in [5.74, 6) is 0.391. The van der Waals surface area contributed by atoms with Crippen molar-refractivity contribution in [1.82, 2.24) is 9.38 Å². The van der Waals surface area contributed by atoms with Crippen LogP contribution < -0.4 is 9.47 Å². The van der Waals surface area contributed by atoms with E-state index >= 15 is 0 Å². The van der Waals surface area contributed by atoms with Gasteiger partial charge in [0, 0.05) is 17.3 Å². The Balaban J connectivity index is 1.95. The summed E-state index contributed by atoms with van der Waals surface area (Å²) in [4.78, 5) is 17.2. The molecule has 7 heteroatoms. The molecule has 2 aromatic heterocycles. The number of fused-ring (bicyclic) bond motifs is 1. The van der Waals surface area contributed by atoms with Crippen molar-refractivity contribution >= 4 is 22.3 Å². The predicted octanol–water partition coefficient (Wildman–Crippen LogP) is 4.45. The van der Waals surface area contributed by atoms with Gasteiger partial charge >= 0.3 is 5.97 Å². The van der Waals surface area contributed by atoms with Gasteiger partial charge in [0.25, 0.3) is 0 Å². The van der Waals surface area contributed by atoms with Crippen LogP contribution in [0.2, 0.25) is 0 Å². The van der Waals surface area contributed by atoms with Gasteiger partial charge < -0.3 is 14.6 Å². The summed E-state index contributed by atoms with van der Waals surface area (Å²) < 4.78 is 12.6. The molecule has 0 bridgehead atoms. The molecule has 0 saturated carbocycles. The molecule has 0 radical (unpaired) electrons. The molecule has 0 aliphatic carbocycles. The van der Waals surface area contributed by atoms with E-state index in [0.717, 1.165) is 22.5 Å². The quantitative estimate of drug-likeness (QED) is 0.554. The number of carboxylic acid groups (broad SMARTS) is 1. The molecule has 2 heterocycles. The number of benzene rings is 2. The molecule has 4 rings (SSSR count). The van der Waals surface area contributed by atoms with Crippen LogP contribution in [0.5, 0.6) is 11.5 Å². The number of thiazole rings is 1. The minimum Gasteiger partial charge on any atom is -0.497 e. The van der Waals surface area contributed by atoms with Crippen LogP contribution in [0.15, 0.2) is 54.7 Å². The highest BCUT2D eigenvalue weighted by Crippen LogP contribution is 2.37. The Morgan fingerprint density at radius 1 is 1.11 bits per heavy atom. The van der Waals surface area contributed by atoms with E-state index in [4.69, 9.17) is 9.47 Å². The van der Waals surface area contributed by atoms with Gasteiger partial charge in [-0.05, 0) is 18.2 Å². The Labute approximate surface area is 159 Å². The fraction of sp³-hybridized carbons (Fsp3) is 0.100. The van der Waals surface area contributed by atoms with Crippen molar-refractivity contribution in [2.45, 2.75) is 0 Å². The average molecular weight is 380 g/mol. The number of carbonyl (C=O) groups is 1. The van der Waals surface area contributed by atoms with Gasteiger partial charge in [0.1, 0.15) is 16.4 Å². The van der Waals surface area contributed by atoms with Gasteiger partial charge in [0.15, 0.2) is 4.96 Å². The molecular weight excluding hydrogens is 364 g/mol. The lowest BCUT2D eigenvalue weighted by Crippen LogP contribution is -1.97. The van der Waals surface area contributed by atoms with E-state index in [9.17, 15) is 9.90 Å². The van der Waals surface area contributed by atoms with E-state index in [2.05, 4.69) is 4.98 Å². The Bertz CT molecular complexity index is 1130. The van der Waals surface area contributed by atoms with Crippen LogP contribution in [0, 0.1) is 0 Å². The third-order valence-corrected chi connectivity index (χ3v) is 5.29. The molecule has 0 unspecified atom stereocenters. The first-order valence-electron chi connectivity index (χ1n) is 8.15. The predicted molar refractivity (Wildman–Crippen MR) is 104 cm³/mol. The first kappa shape index (κ1) is 17.1. The lowest BCUT2D eigenvalue weighted by molar-refractivity contribution is 0.0702. The average Bonchev–Trinajstić information content (AvgIpc) is 3.26. The summed E-state index contributed by atoms with van der Waals surface area (Å²) in [5.41, 5.74) is 2.90. The number of hydrogen-bond acceptors (Lipinski definition) is 5. The van der Waals surface area contributed by atoms with E-state index < -0.39 is 5.97 Å². The second-order valence-electron chi connectivity index (χ2n) is 5.80. The highest BCUT2D eigenvalue weighted by atomic mass is 32.1. The van der Waals surface area contributed by atoms with Gasteiger partial charge in [-0.25, -0.2) is 9.78 Å². The van der Waals surface area contributed by atoms with Crippen molar-refractivity contribution in [3.8, 4) is 34.0 Å². The molecule has 0 amide bonds. The third-order valence-electron chi connectivity index (χ3n) is 4.25. The van der Waals surface area contributed by atoms with Crippen LogP contribution in [0.25, 0.3) is 27.5 Å². The number of methoxy groups -OCH3 is 2. The molecule has 0 aliphatic rings. The van der Waals surface area contributed by atoms with Crippen LogP contribution in [0.3, 0.4) is 0 Å². The van der Waals surface area contributed by atoms with Gasteiger partial charge in [-0.2, -0.15) is 0 Å². The second kappa shape index (κ2) is 6.77. The molecule has 0 atom stereocenters. The third kappa shape index (κ3) is 2.92. The second-order valence-corrected chi connectivity index (χ2v) is 6.77. The number of aromatic nitrogens is 2. The molecule has 4 aromatic rings. The number of nitrogens with zero attached hydrogens (tertiary/aromatic N) is 2. The van der Waals surface area contributed by atoms with Crippen LogP contribution in [0.1, 0.15) is 9.67 Å². The maximum Gasteiger partial charge on any atom is 0.348 e. The summed E-state index contributed by atoms with van der Waals surface area (Å²) in [6.07, 6.45) is 1.83. The fourth-order valence-electron chi connectivity index (χ4n) is 3.00. The molecule has 1 N–H and O–H groups in total. The largest absolute Gasteiger partial charge is 0.497 e. The van der Waals surface area contributed by atoms with Crippen molar-refractivity contribution in [2.24, 2.45) is 0 Å². The zero-order chi connectivity index (χ0) is 19.0. The first-order chi connectivity index (χ1) is 13.1. The van der Waals surface area contributed by atoms with Gasteiger partial charge in [0.2, 0.25) is 0 Å². The van der Waals surface area contributed by atoms with Crippen molar-refractivity contribution < 1.29 is 19.4 Å². The van der Waals surface area contributed by atoms with E-state index in [0.29, 0.717) is 27.8 Å². The van der Waals surface area contributed by atoms with E-state index in [-0.39, 0.29) is 4.88 Å². The van der Waals surface area contributed by atoms with Gasteiger partial charge in [0.05, 0.1) is 25.6 Å². The van der Waals surface area contributed by atoms with Crippen LogP contribution >= 0.6 is 11.3 Å². The molecule has 2 aromatic carbocycles. The van der Waals surface area contributed by atoms with Crippen LogP contribution in [-0.2, 0) is 0 Å². The topological polar surface area (TPSA) is 73.1 Å². The Hall–Kier alpha value is -3.32. The summed E-state index contributed by atoms with van der Waals surface area (Å²) in [6.45, 7) is 0. The first-order valence-corrected chi connectivity index (χ1v) is 8.97. The number of carboxylic acids is 1. The maximum atomic E-state index is 11.7. The molecule has 136 valence electrons. The minimum atomic E-state index is -0.968. The molecule has 0 aliphatic heterocycles. The van der Waals surface area contributed by atoms with Gasteiger partial charge in [-0.15, -0.1) is 0 Å². The van der Waals surface area contributed by atoms with Crippen molar-refractivity contribution in [1.29, 1.82) is 0 Å².